The van der Waals surface area contributed by atoms with Crippen LogP contribution < -0.4 is 0 Å². The number of ether oxygens (including phenoxy) is 1. The molecule has 1 aliphatic carbocycles. The molecular weight excluding hydrogens is 230 g/mol. The van der Waals surface area contributed by atoms with Crippen molar-refractivity contribution in [1.82, 2.24) is 4.90 Å². The molecule has 1 saturated carbocycles. The molecule has 0 N–H and O–H groups in total. The molecule has 3 aliphatic rings. The molecular formula is C10H16BrNO. The zero-order valence-corrected chi connectivity index (χ0v) is 9.42. The molecule has 2 unspecified atom stereocenters. The normalized spacial score (nSPS) is 41.3. The monoisotopic (exact) mass is 245 g/mol. The van der Waals surface area contributed by atoms with E-state index in [4.69, 9.17) is 4.74 Å². The van der Waals surface area contributed by atoms with Crippen molar-refractivity contribution in [3.05, 3.63) is 0 Å². The van der Waals surface area contributed by atoms with Crippen LogP contribution in [0.1, 0.15) is 19.3 Å². The van der Waals surface area contributed by atoms with Gasteiger partial charge in [-0.1, -0.05) is 15.9 Å². The molecule has 0 amide bonds. The molecule has 3 heteroatoms. The average Bonchev–Trinajstić information content (AvgIpc) is 2.62. The number of alkyl halides is 1. The summed E-state index contributed by atoms with van der Waals surface area (Å²) in [7, 11) is 0. The summed E-state index contributed by atoms with van der Waals surface area (Å²) >= 11 is 3.64. The Balaban J connectivity index is 1.62. The van der Waals surface area contributed by atoms with Crippen molar-refractivity contribution >= 4 is 15.9 Å². The largest absolute Gasteiger partial charge is 0.375 e. The smallest absolute Gasteiger partial charge is 0.0718 e. The van der Waals surface area contributed by atoms with Crippen LogP contribution >= 0.6 is 15.9 Å². The molecule has 0 aromatic rings. The third-order valence-electron chi connectivity index (χ3n) is 3.79. The SMILES string of the molecule is BrCC1(CN2CC3CC2CO3)CC1. The summed E-state index contributed by atoms with van der Waals surface area (Å²) in [6, 6.07) is 0.751. The molecule has 2 aliphatic heterocycles. The molecule has 2 atom stereocenters. The lowest BCUT2D eigenvalue weighted by Crippen LogP contribution is -2.40. The highest BCUT2D eigenvalue weighted by molar-refractivity contribution is 9.09. The molecule has 0 spiro atoms. The van der Waals surface area contributed by atoms with Crippen LogP contribution in [0.15, 0.2) is 0 Å². The highest BCUT2D eigenvalue weighted by atomic mass is 79.9. The van der Waals surface area contributed by atoms with Crippen LogP contribution in [-0.4, -0.2) is 42.1 Å². The minimum atomic E-state index is 0.566. The van der Waals surface area contributed by atoms with Crippen molar-refractivity contribution in [2.24, 2.45) is 5.41 Å². The van der Waals surface area contributed by atoms with Gasteiger partial charge < -0.3 is 4.74 Å². The molecule has 2 saturated heterocycles. The molecule has 0 radical (unpaired) electrons. The van der Waals surface area contributed by atoms with Crippen LogP contribution in [-0.2, 0) is 4.74 Å². The zero-order valence-electron chi connectivity index (χ0n) is 7.84. The second-order valence-electron chi connectivity index (χ2n) is 4.91. The van der Waals surface area contributed by atoms with Gasteiger partial charge in [0, 0.05) is 24.5 Å². The number of halogens is 1. The Labute approximate surface area is 87.7 Å². The summed E-state index contributed by atoms with van der Waals surface area (Å²) in [6.07, 6.45) is 4.70. The van der Waals surface area contributed by atoms with Crippen molar-refractivity contribution < 1.29 is 4.74 Å². The topological polar surface area (TPSA) is 12.5 Å². The summed E-state index contributed by atoms with van der Waals surface area (Å²) in [5, 5.41) is 1.19. The molecule has 3 fully saturated rings. The molecule has 0 aromatic heterocycles. The maximum absolute atomic E-state index is 5.60. The van der Waals surface area contributed by atoms with Crippen LogP contribution in [0.4, 0.5) is 0 Å². The number of rotatable bonds is 3. The van der Waals surface area contributed by atoms with Crippen molar-refractivity contribution in [3.8, 4) is 0 Å². The molecule has 3 rings (SSSR count). The number of hydrogen-bond donors (Lipinski definition) is 0. The number of hydrogen-bond acceptors (Lipinski definition) is 2. The molecule has 2 heterocycles. The van der Waals surface area contributed by atoms with E-state index >= 15 is 0 Å². The first kappa shape index (κ1) is 8.69. The van der Waals surface area contributed by atoms with E-state index in [0.29, 0.717) is 11.5 Å². The van der Waals surface area contributed by atoms with Crippen LogP contribution in [0.5, 0.6) is 0 Å². The summed E-state index contributed by atoms with van der Waals surface area (Å²) in [5.41, 5.74) is 0.643. The first-order valence-corrected chi connectivity index (χ1v) is 6.35. The maximum atomic E-state index is 5.60. The standard InChI is InChI=1S/C10H16BrNO/c11-6-10(1-2-10)7-12-4-9-3-8(12)5-13-9/h8-9H,1-7H2. The van der Waals surface area contributed by atoms with Crippen molar-refractivity contribution in [2.75, 3.05) is 25.0 Å². The van der Waals surface area contributed by atoms with Crippen LogP contribution in [0, 0.1) is 5.41 Å². The summed E-state index contributed by atoms with van der Waals surface area (Å²) in [6.45, 7) is 3.49. The lowest BCUT2D eigenvalue weighted by Gasteiger charge is -2.29. The number of nitrogens with zero attached hydrogens (tertiary/aromatic N) is 1. The molecule has 13 heavy (non-hydrogen) atoms. The van der Waals surface area contributed by atoms with Crippen LogP contribution in [0.25, 0.3) is 0 Å². The van der Waals surface area contributed by atoms with Crippen LogP contribution in [0.2, 0.25) is 0 Å². The minimum Gasteiger partial charge on any atom is -0.375 e. The van der Waals surface area contributed by atoms with E-state index in [1.54, 1.807) is 0 Å². The van der Waals surface area contributed by atoms with Gasteiger partial charge in [0.25, 0.3) is 0 Å². The molecule has 2 nitrogen and oxygen atoms in total. The highest BCUT2D eigenvalue weighted by Gasteiger charge is 2.47. The second-order valence-corrected chi connectivity index (χ2v) is 5.47. The van der Waals surface area contributed by atoms with E-state index in [1.165, 1.54) is 37.7 Å². The Morgan fingerprint density at radius 1 is 1.46 bits per heavy atom. The van der Waals surface area contributed by atoms with E-state index in [2.05, 4.69) is 20.8 Å². The fourth-order valence-corrected chi connectivity index (χ4v) is 3.35. The molecule has 74 valence electrons. The average molecular weight is 246 g/mol. The van der Waals surface area contributed by atoms with Gasteiger partial charge in [-0.25, -0.2) is 0 Å². The maximum Gasteiger partial charge on any atom is 0.0718 e. The second kappa shape index (κ2) is 2.94. The van der Waals surface area contributed by atoms with E-state index in [9.17, 15) is 0 Å². The highest BCUT2D eigenvalue weighted by Crippen LogP contribution is 2.49. The minimum absolute atomic E-state index is 0.566. The summed E-state index contributed by atoms with van der Waals surface area (Å²) in [4.78, 5) is 2.66. The first-order chi connectivity index (χ1) is 6.31. The van der Waals surface area contributed by atoms with E-state index < -0.39 is 0 Å². The van der Waals surface area contributed by atoms with Gasteiger partial charge in [-0.15, -0.1) is 0 Å². The van der Waals surface area contributed by atoms with Gasteiger partial charge in [0.15, 0.2) is 0 Å². The Morgan fingerprint density at radius 3 is 2.77 bits per heavy atom. The van der Waals surface area contributed by atoms with Crippen LogP contribution in [0.3, 0.4) is 0 Å². The van der Waals surface area contributed by atoms with Gasteiger partial charge in [0.1, 0.15) is 0 Å². The Morgan fingerprint density at radius 2 is 2.31 bits per heavy atom. The summed E-state index contributed by atoms with van der Waals surface area (Å²) in [5.74, 6) is 0. The van der Waals surface area contributed by atoms with Crippen molar-refractivity contribution in [1.29, 1.82) is 0 Å². The first-order valence-electron chi connectivity index (χ1n) is 5.23. The lowest BCUT2D eigenvalue weighted by atomic mass is 10.1. The third kappa shape index (κ3) is 1.45. The summed E-state index contributed by atoms with van der Waals surface area (Å²) < 4.78 is 5.60. The van der Waals surface area contributed by atoms with Gasteiger partial charge in [-0.05, 0) is 24.7 Å². The van der Waals surface area contributed by atoms with E-state index in [0.717, 1.165) is 12.6 Å². The van der Waals surface area contributed by atoms with Gasteiger partial charge >= 0.3 is 0 Å². The fourth-order valence-electron chi connectivity index (χ4n) is 2.61. The van der Waals surface area contributed by atoms with Gasteiger partial charge in [0.2, 0.25) is 0 Å². The van der Waals surface area contributed by atoms with Crippen molar-refractivity contribution in [3.63, 3.8) is 0 Å². The Hall–Kier alpha value is 0.400. The molecule has 2 bridgehead atoms. The van der Waals surface area contributed by atoms with Crippen molar-refractivity contribution in [2.45, 2.75) is 31.4 Å². The predicted octanol–water partition coefficient (Wildman–Crippen LogP) is 1.63. The van der Waals surface area contributed by atoms with Gasteiger partial charge in [-0.3, -0.25) is 4.90 Å². The van der Waals surface area contributed by atoms with E-state index in [-0.39, 0.29) is 0 Å². The third-order valence-corrected chi connectivity index (χ3v) is 4.98. The number of likely N-dealkylation sites (tertiary alicyclic amines) is 1. The number of fused-ring (bicyclic) bond motifs is 2. The van der Waals surface area contributed by atoms with Gasteiger partial charge in [-0.2, -0.15) is 0 Å². The lowest BCUT2D eigenvalue weighted by molar-refractivity contribution is 0.0239. The Kier molecular flexibility index (Phi) is 1.97. The number of morpholine rings is 1. The van der Waals surface area contributed by atoms with E-state index in [1.807, 2.05) is 0 Å². The molecule has 0 aromatic carbocycles. The fraction of sp³-hybridized carbons (Fsp3) is 1.00. The predicted molar refractivity (Wildman–Crippen MR) is 55.2 cm³/mol. The Bertz CT molecular complexity index is 217. The zero-order chi connectivity index (χ0) is 8.89. The van der Waals surface area contributed by atoms with Gasteiger partial charge in [0.05, 0.1) is 12.7 Å². The quantitative estimate of drug-likeness (QED) is 0.702.